The number of nitrogens with zero attached hydrogens (tertiary/aromatic N) is 2. The number of hydrogen-bond donors (Lipinski definition) is 4. The van der Waals surface area contributed by atoms with Gasteiger partial charge in [0.1, 0.15) is 0 Å². The molecule has 4 aliphatic rings. The molecule has 4 atom stereocenters. The van der Waals surface area contributed by atoms with Gasteiger partial charge in [0.2, 0.25) is 11.8 Å². The highest BCUT2D eigenvalue weighted by Gasteiger charge is 2.43. The number of amides is 2. The maximum Gasteiger partial charge on any atom is 0.228 e. The summed E-state index contributed by atoms with van der Waals surface area (Å²) in [7, 11) is 0. The Bertz CT molecular complexity index is 1070. The van der Waals surface area contributed by atoms with Gasteiger partial charge in [-0.2, -0.15) is 0 Å². The van der Waals surface area contributed by atoms with Gasteiger partial charge < -0.3 is 30.6 Å². The van der Waals surface area contributed by atoms with Crippen molar-refractivity contribution in [1.82, 2.24) is 20.4 Å². The van der Waals surface area contributed by atoms with E-state index in [2.05, 4.69) is 10.6 Å². The SMILES string of the molecule is O=C1C[C@H]2c3ccccc3[C@H](O)N2C(=S)N1.O=C1C[C@H]2c3ccccc3[C@H](O)N2C(=S)N1. The molecular formula is C22H20N4O4S2. The molecular weight excluding hydrogens is 448 g/mol. The fraction of sp³-hybridized carbons (Fsp3) is 0.273. The number of hydrogen-bond acceptors (Lipinski definition) is 6. The second-order valence-electron chi connectivity index (χ2n) is 7.97. The molecule has 0 aliphatic carbocycles. The number of fused-ring (bicyclic) bond motifs is 6. The van der Waals surface area contributed by atoms with Crippen LogP contribution in [0.25, 0.3) is 0 Å². The molecule has 164 valence electrons. The zero-order valence-corrected chi connectivity index (χ0v) is 18.4. The summed E-state index contributed by atoms with van der Waals surface area (Å²) < 4.78 is 0. The van der Waals surface area contributed by atoms with Gasteiger partial charge in [-0.3, -0.25) is 9.59 Å². The third-order valence-corrected chi connectivity index (χ3v) is 6.81. The molecule has 6 rings (SSSR count). The minimum atomic E-state index is -0.741. The summed E-state index contributed by atoms with van der Waals surface area (Å²) in [4.78, 5) is 26.2. The first kappa shape index (κ1) is 21.0. The maximum atomic E-state index is 11.4. The predicted molar refractivity (Wildman–Crippen MR) is 123 cm³/mol. The van der Waals surface area contributed by atoms with Crippen molar-refractivity contribution in [3.05, 3.63) is 70.8 Å². The largest absolute Gasteiger partial charge is 0.369 e. The van der Waals surface area contributed by atoms with E-state index in [0.29, 0.717) is 23.1 Å². The molecule has 8 nitrogen and oxygen atoms in total. The van der Waals surface area contributed by atoms with Gasteiger partial charge in [-0.25, -0.2) is 0 Å². The van der Waals surface area contributed by atoms with Gasteiger partial charge in [-0.1, -0.05) is 48.5 Å². The molecule has 4 N–H and O–H groups in total. The highest BCUT2D eigenvalue weighted by molar-refractivity contribution is 7.80. The van der Waals surface area contributed by atoms with Crippen molar-refractivity contribution in [3.63, 3.8) is 0 Å². The molecule has 2 aromatic rings. The van der Waals surface area contributed by atoms with Gasteiger partial charge in [0.15, 0.2) is 22.7 Å². The smallest absolute Gasteiger partial charge is 0.228 e. The van der Waals surface area contributed by atoms with E-state index in [1.54, 1.807) is 9.80 Å². The molecule has 10 heteroatoms. The average Bonchev–Trinajstić information content (AvgIpc) is 3.21. The van der Waals surface area contributed by atoms with Gasteiger partial charge in [-0.05, 0) is 35.6 Å². The molecule has 0 aromatic heterocycles. The number of aliphatic hydroxyl groups excluding tert-OH is 2. The predicted octanol–water partition coefficient (Wildman–Crippen LogP) is 1.68. The van der Waals surface area contributed by atoms with Gasteiger partial charge in [0, 0.05) is 11.1 Å². The van der Waals surface area contributed by atoms with Crippen LogP contribution in [0.1, 0.15) is 59.6 Å². The number of nitrogens with one attached hydrogen (secondary N) is 2. The number of carbonyl (C=O) groups excluding carboxylic acids is 2. The van der Waals surface area contributed by atoms with Crippen LogP contribution in [0.4, 0.5) is 0 Å². The Balaban J connectivity index is 0.000000135. The zero-order valence-electron chi connectivity index (χ0n) is 16.8. The summed E-state index contributed by atoms with van der Waals surface area (Å²) in [6.07, 6.45) is -0.800. The van der Waals surface area contributed by atoms with Crippen LogP contribution < -0.4 is 10.6 Å². The van der Waals surface area contributed by atoms with Gasteiger partial charge >= 0.3 is 0 Å². The Morgan fingerprint density at radius 3 is 1.41 bits per heavy atom. The van der Waals surface area contributed by atoms with Crippen LogP contribution in [0.2, 0.25) is 0 Å². The second kappa shape index (κ2) is 7.89. The van der Waals surface area contributed by atoms with Crippen LogP contribution in [0.5, 0.6) is 0 Å². The van der Waals surface area contributed by atoms with Crippen LogP contribution in [0.15, 0.2) is 48.5 Å². The number of rotatable bonds is 0. The summed E-state index contributed by atoms with van der Waals surface area (Å²) in [5, 5.41) is 26.0. The number of benzene rings is 2. The molecule has 0 unspecified atom stereocenters. The summed E-state index contributed by atoms with van der Waals surface area (Å²) >= 11 is 10.2. The molecule has 32 heavy (non-hydrogen) atoms. The molecule has 4 aliphatic heterocycles. The highest BCUT2D eigenvalue weighted by atomic mass is 32.1. The normalized spacial score (nSPS) is 27.4. The number of aliphatic hydroxyl groups is 2. The van der Waals surface area contributed by atoms with Crippen LogP contribution in [-0.2, 0) is 9.59 Å². The Hall–Kier alpha value is -2.92. The quantitative estimate of drug-likeness (QED) is 0.433. The van der Waals surface area contributed by atoms with Gasteiger partial charge in [-0.15, -0.1) is 0 Å². The van der Waals surface area contributed by atoms with E-state index in [-0.39, 0.29) is 23.9 Å². The molecule has 2 fully saturated rings. The third-order valence-electron chi connectivity index (χ3n) is 6.18. The lowest BCUT2D eigenvalue weighted by Gasteiger charge is -2.34. The van der Waals surface area contributed by atoms with Crippen LogP contribution in [0.3, 0.4) is 0 Å². The molecule has 0 saturated carbocycles. The first-order chi connectivity index (χ1) is 15.4. The van der Waals surface area contributed by atoms with Crippen molar-refractivity contribution in [1.29, 1.82) is 0 Å². The Morgan fingerprint density at radius 2 is 1.03 bits per heavy atom. The van der Waals surface area contributed by atoms with Crippen LogP contribution in [0, 0.1) is 0 Å². The van der Waals surface area contributed by atoms with Crippen molar-refractivity contribution in [3.8, 4) is 0 Å². The van der Waals surface area contributed by atoms with Crippen molar-refractivity contribution in [2.24, 2.45) is 0 Å². The third kappa shape index (κ3) is 3.27. The maximum absolute atomic E-state index is 11.4. The Morgan fingerprint density at radius 1 is 0.688 bits per heavy atom. The fourth-order valence-corrected chi connectivity index (χ4v) is 5.46. The fourth-order valence-electron chi connectivity index (χ4n) is 4.78. The topological polar surface area (TPSA) is 105 Å². The summed E-state index contributed by atoms with van der Waals surface area (Å²) in [6, 6.07) is 14.9. The van der Waals surface area contributed by atoms with Gasteiger partial charge in [0.05, 0.1) is 24.9 Å². The minimum Gasteiger partial charge on any atom is -0.369 e. The molecule has 2 saturated heterocycles. The number of carbonyl (C=O) groups is 2. The van der Waals surface area contributed by atoms with E-state index >= 15 is 0 Å². The van der Waals surface area contributed by atoms with Crippen molar-refractivity contribution < 1.29 is 19.8 Å². The van der Waals surface area contributed by atoms with E-state index in [0.717, 1.165) is 22.3 Å². The first-order valence-corrected chi connectivity index (χ1v) is 11.0. The molecule has 0 bridgehead atoms. The summed E-state index contributed by atoms with van der Waals surface area (Å²) in [5.74, 6) is -0.176. The molecule has 2 aromatic carbocycles. The van der Waals surface area contributed by atoms with E-state index in [1.165, 1.54) is 0 Å². The zero-order chi connectivity index (χ0) is 22.6. The Labute approximate surface area is 194 Å². The van der Waals surface area contributed by atoms with E-state index in [1.807, 2.05) is 48.5 Å². The van der Waals surface area contributed by atoms with Crippen molar-refractivity contribution in [2.75, 3.05) is 0 Å². The summed E-state index contributed by atoms with van der Waals surface area (Å²) in [5.41, 5.74) is 3.66. The number of thiocarbonyl (C=S) groups is 2. The second-order valence-corrected chi connectivity index (χ2v) is 8.74. The van der Waals surface area contributed by atoms with E-state index < -0.39 is 12.5 Å². The lowest BCUT2D eigenvalue weighted by molar-refractivity contribution is -0.124. The molecule has 2 amide bonds. The highest BCUT2D eigenvalue weighted by Crippen LogP contribution is 2.44. The van der Waals surface area contributed by atoms with Gasteiger partial charge in [0.25, 0.3) is 0 Å². The molecule has 4 heterocycles. The van der Waals surface area contributed by atoms with Crippen molar-refractivity contribution >= 4 is 46.5 Å². The van der Waals surface area contributed by atoms with Crippen molar-refractivity contribution in [2.45, 2.75) is 37.4 Å². The van der Waals surface area contributed by atoms with Crippen LogP contribution >= 0.6 is 24.4 Å². The van der Waals surface area contributed by atoms with E-state index in [4.69, 9.17) is 24.4 Å². The monoisotopic (exact) mass is 468 g/mol. The minimum absolute atomic E-state index is 0.0878. The van der Waals surface area contributed by atoms with E-state index in [9.17, 15) is 19.8 Å². The molecule has 0 spiro atoms. The average molecular weight is 469 g/mol. The standard InChI is InChI=1S/2C11H10N2O2S/c2*14-9-5-8-6-3-1-2-4-7(6)10(15)13(8)11(16)12-9/h2*1-4,8,10,15H,5H2,(H,12,14,16)/t2*8-,10-/m00/s1. The lowest BCUT2D eigenvalue weighted by atomic mass is 10.0. The molecule has 0 radical (unpaired) electrons. The van der Waals surface area contributed by atoms with Crippen LogP contribution in [-0.4, -0.2) is 42.1 Å². The first-order valence-electron chi connectivity index (χ1n) is 10.1. The lowest BCUT2D eigenvalue weighted by Crippen LogP contribution is -2.49. The summed E-state index contributed by atoms with van der Waals surface area (Å²) in [6.45, 7) is 0. The Kier molecular flexibility index (Phi) is 5.17.